The van der Waals surface area contributed by atoms with E-state index in [0.717, 1.165) is 0 Å². The Balaban J connectivity index is 1.74. The summed E-state index contributed by atoms with van der Waals surface area (Å²) in [5, 5.41) is 18.0. The topological polar surface area (TPSA) is 77.2 Å². The Hall–Kier alpha value is -2.84. The lowest BCUT2D eigenvalue weighted by molar-refractivity contribution is -0.0504. The second kappa shape index (κ2) is 5.65. The van der Waals surface area contributed by atoms with E-state index in [9.17, 15) is 8.78 Å². The second-order valence-electron chi connectivity index (χ2n) is 4.08. The highest BCUT2D eigenvalue weighted by molar-refractivity contribution is 5.43. The molecule has 0 amide bonds. The molecule has 7 nitrogen and oxygen atoms in total. The van der Waals surface area contributed by atoms with E-state index in [0.29, 0.717) is 17.0 Å². The molecule has 21 heavy (non-hydrogen) atoms. The molecular formula is C12H10F2N6O. The molecule has 0 radical (unpaired) electrons. The van der Waals surface area contributed by atoms with Gasteiger partial charge in [-0.25, -0.2) is 0 Å². The lowest BCUT2D eigenvalue weighted by atomic mass is 10.2. The Bertz CT molecular complexity index is 747. The van der Waals surface area contributed by atoms with Crippen molar-refractivity contribution in [2.45, 2.75) is 13.2 Å². The maximum Gasteiger partial charge on any atom is 0.387 e. The molecule has 2 aromatic heterocycles. The number of anilines is 1. The fourth-order valence-electron chi connectivity index (χ4n) is 1.79. The highest BCUT2D eigenvalue weighted by Crippen LogP contribution is 2.21. The highest BCUT2D eigenvalue weighted by atomic mass is 19.3. The molecule has 0 aliphatic heterocycles. The third kappa shape index (κ3) is 3.02. The normalized spacial score (nSPS) is 11.0. The average Bonchev–Trinajstić information content (AvgIpc) is 2.93. The van der Waals surface area contributed by atoms with Crippen molar-refractivity contribution in [3.8, 4) is 5.75 Å². The smallest absolute Gasteiger partial charge is 0.387 e. The van der Waals surface area contributed by atoms with E-state index in [1.807, 2.05) is 0 Å². The summed E-state index contributed by atoms with van der Waals surface area (Å²) in [4.78, 5) is 0. The number of halogens is 2. The minimum absolute atomic E-state index is 0.128. The van der Waals surface area contributed by atoms with Crippen LogP contribution in [0.25, 0.3) is 5.65 Å². The van der Waals surface area contributed by atoms with Crippen LogP contribution in [-0.4, -0.2) is 31.9 Å². The van der Waals surface area contributed by atoms with Gasteiger partial charge in [-0.1, -0.05) is 18.2 Å². The average molecular weight is 292 g/mol. The monoisotopic (exact) mass is 292 g/mol. The zero-order valence-electron chi connectivity index (χ0n) is 10.6. The maximum atomic E-state index is 12.3. The molecule has 0 spiro atoms. The second-order valence-corrected chi connectivity index (χ2v) is 4.08. The zero-order chi connectivity index (χ0) is 14.7. The quantitative estimate of drug-likeness (QED) is 0.771. The Morgan fingerprint density at radius 3 is 2.90 bits per heavy atom. The SMILES string of the molecule is FC(F)Oc1ccccc1CNc1ccc2nnnn2n1. The third-order valence-corrected chi connectivity index (χ3v) is 2.72. The highest BCUT2D eigenvalue weighted by Gasteiger charge is 2.09. The predicted octanol–water partition coefficient (Wildman–Crippen LogP) is 1.73. The van der Waals surface area contributed by atoms with Gasteiger partial charge >= 0.3 is 6.61 Å². The molecule has 1 aromatic carbocycles. The number of nitrogens with one attached hydrogen (secondary N) is 1. The zero-order valence-corrected chi connectivity index (χ0v) is 10.6. The number of para-hydroxylation sites is 1. The molecule has 0 atom stereocenters. The first-order valence-electron chi connectivity index (χ1n) is 6.04. The third-order valence-electron chi connectivity index (χ3n) is 2.72. The number of nitrogens with zero attached hydrogens (tertiary/aromatic N) is 5. The van der Waals surface area contributed by atoms with Crippen LogP contribution < -0.4 is 10.1 Å². The van der Waals surface area contributed by atoms with Crippen LogP contribution in [0.2, 0.25) is 0 Å². The predicted molar refractivity (Wildman–Crippen MR) is 69.0 cm³/mol. The summed E-state index contributed by atoms with van der Waals surface area (Å²) in [6.45, 7) is -2.58. The van der Waals surface area contributed by atoms with Crippen molar-refractivity contribution in [1.29, 1.82) is 0 Å². The van der Waals surface area contributed by atoms with Gasteiger partial charge < -0.3 is 10.1 Å². The van der Waals surface area contributed by atoms with E-state index in [1.165, 1.54) is 10.7 Å². The van der Waals surface area contributed by atoms with Gasteiger partial charge in [0.2, 0.25) is 0 Å². The van der Waals surface area contributed by atoms with Crippen molar-refractivity contribution in [1.82, 2.24) is 25.3 Å². The summed E-state index contributed by atoms with van der Waals surface area (Å²) in [5.74, 6) is 0.644. The first kappa shape index (κ1) is 13.2. The first-order valence-corrected chi connectivity index (χ1v) is 6.04. The number of hydrogen-bond acceptors (Lipinski definition) is 6. The summed E-state index contributed by atoms with van der Waals surface area (Å²) in [5.41, 5.74) is 1.11. The van der Waals surface area contributed by atoms with Crippen molar-refractivity contribution >= 4 is 11.5 Å². The molecule has 0 bridgehead atoms. The maximum absolute atomic E-state index is 12.3. The molecule has 0 saturated heterocycles. The number of ether oxygens (including phenoxy) is 1. The molecule has 2 heterocycles. The van der Waals surface area contributed by atoms with Crippen molar-refractivity contribution in [2.24, 2.45) is 0 Å². The summed E-state index contributed by atoms with van der Waals surface area (Å²) < 4.78 is 30.4. The van der Waals surface area contributed by atoms with Gasteiger partial charge in [-0.2, -0.15) is 8.78 Å². The molecule has 9 heteroatoms. The van der Waals surface area contributed by atoms with Crippen LogP contribution in [0.1, 0.15) is 5.56 Å². The molecular weight excluding hydrogens is 282 g/mol. The molecule has 0 unspecified atom stereocenters. The summed E-state index contributed by atoms with van der Waals surface area (Å²) in [6, 6.07) is 9.94. The molecule has 3 rings (SSSR count). The lowest BCUT2D eigenvalue weighted by Gasteiger charge is -2.11. The van der Waals surface area contributed by atoms with Crippen LogP contribution in [0.4, 0.5) is 14.6 Å². The van der Waals surface area contributed by atoms with Gasteiger partial charge in [0, 0.05) is 12.1 Å². The van der Waals surface area contributed by atoms with Crippen molar-refractivity contribution in [3.63, 3.8) is 0 Å². The number of rotatable bonds is 5. The Morgan fingerprint density at radius 1 is 1.19 bits per heavy atom. The van der Waals surface area contributed by atoms with Gasteiger partial charge in [-0.3, -0.25) is 0 Å². The van der Waals surface area contributed by atoms with Crippen LogP contribution in [0.5, 0.6) is 5.75 Å². The van der Waals surface area contributed by atoms with Crippen molar-refractivity contribution in [2.75, 3.05) is 5.32 Å². The Morgan fingerprint density at radius 2 is 2.05 bits per heavy atom. The van der Waals surface area contributed by atoms with Crippen molar-refractivity contribution < 1.29 is 13.5 Å². The van der Waals surface area contributed by atoms with Gasteiger partial charge in [0.1, 0.15) is 11.6 Å². The number of hydrogen-bond donors (Lipinski definition) is 1. The molecule has 0 aliphatic rings. The number of aromatic nitrogens is 5. The summed E-state index contributed by atoms with van der Waals surface area (Å²) in [7, 11) is 0. The van der Waals surface area contributed by atoms with E-state index in [2.05, 4.69) is 30.7 Å². The van der Waals surface area contributed by atoms with Crippen molar-refractivity contribution in [3.05, 3.63) is 42.0 Å². The number of fused-ring (bicyclic) bond motifs is 1. The van der Waals surface area contributed by atoms with E-state index < -0.39 is 6.61 Å². The summed E-state index contributed by atoms with van der Waals surface area (Å²) in [6.07, 6.45) is 0. The van der Waals surface area contributed by atoms with E-state index in [-0.39, 0.29) is 12.3 Å². The fourth-order valence-corrected chi connectivity index (χ4v) is 1.79. The molecule has 0 aliphatic carbocycles. The molecule has 0 saturated carbocycles. The fraction of sp³-hybridized carbons (Fsp3) is 0.167. The summed E-state index contributed by atoms with van der Waals surface area (Å²) >= 11 is 0. The van der Waals surface area contributed by atoms with Crippen LogP contribution in [0.15, 0.2) is 36.4 Å². The molecule has 3 aromatic rings. The van der Waals surface area contributed by atoms with E-state index >= 15 is 0 Å². The number of benzene rings is 1. The minimum Gasteiger partial charge on any atom is -0.434 e. The Labute approximate surface area is 117 Å². The Kier molecular flexibility index (Phi) is 3.54. The van der Waals surface area contributed by atoms with E-state index in [1.54, 1.807) is 30.3 Å². The molecule has 1 N–H and O–H groups in total. The van der Waals surface area contributed by atoms with Crippen LogP contribution >= 0.6 is 0 Å². The standard InChI is InChI=1S/C12H10F2N6O/c13-12(14)21-9-4-2-1-3-8(9)7-15-10-5-6-11-16-18-19-20(11)17-10/h1-6,12H,7H2,(H,15,17). The first-order chi connectivity index (χ1) is 10.2. The molecule has 108 valence electrons. The van der Waals surface area contributed by atoms with Gasteiger partial charge in [0.25, 0.3) is 0 Å². The van der Waals surface area contributed by atoms with Gasteiger partial charge in [0.05, 0.1) is 0 Å². The minimum atomic E-state index is -2.86. The van der Waals surface area contributed by atoms with Crippen LogP contribution in [-0.2, 0) is 6.54 Å². The number of alkyl halides is 2. The lowest BCUT2D eigenvalue weighted by Crippen LogP contribution is -2.08. The van der Waals surface area contributed by atoms with E-state index in [4.69, 9.17) is 0 Å². The number of tetrazole rings is 1. The largest absolute Gasteiger partial charge is 0.434 e. The van der Waals surface area contributed by atoms with Crippen LogP contribution in [0.3, 0.4) is 0 Å². The van der Waals surface area contributed by atoms with Crippen LogP contribution in [0, 0.1) is 0 Å². The molecule has 0 fully saturated rings. The van der Waals surface area contributed by atoms with Gasteiger partial charge in [0.15, 0.2) is 5.65 Å². The van der Waals surface area contributed by atoms with Gasteiger partial charge in [-0.05, 0) is 28.6 Å². The van der Waals surface area contributed by atoms with Gasteiger partial charge in [-0.15, -0.1) is 14.8 Å².